The molecule has 106 valence electrons. The van der Waals surface area contributed by atoms with Gasteiger partial charge in [0.25, 0.3) is 0 Å². The van der Waals surface area contributed by atoms with E-state index in [1.165, 1.54) is 0 Å². The second-order valence-electron chi connectivity index (χ2n) is 4.51. The zero-order valence-corrected chi connectivity index (χ0v) is 11.6. The van der Waals surface area contributed by atoms with E-state index in [-0.39, 0.29) is 19.1 Å². The molecule has 2 aromatic carbocycles. The molecule has 0 bridgehead atoms. The highest BCUT2D eigenvalue weighted by atomic mass is 16.5. The van der Waals surface area contributed by atoms with Crippen LogP contribution in [0.25, 0.3) is 10.8 Å². The van der Waals surface area contributed by atoms with Gasteiger partial charge < -0.3 is 15.2 Å². The number of amides is 1. The second-order valence-corrected chi connectivity index (χ2v) is 4.51. The lowest BCUT2D eigenvalue weighted by Crippen LogP contribution is -2.17. The van der Waals surface area contributed by atoms with Crippen molar-refractivity contribution in [3.8, 4) is 5.75 Å². The van der Waals surface area contributed by atoms with Crippen LogP contribution in [0.15, 0.2) is 36.4 Å². The van der Waals surface area contributed by atoms with Gasteiger partial charge in [-0.15, -0.1) is 0 Å². The first-order valence-electron chi connectivity index (χ1n) is 6.71. The fourth-order valence-electron chi connectivity index (χ4n) is 2.22. The number of aliphatic hydroxyl groups is 1. The van der Waals surface area contributed by atoms with Crippen molar-refractivity contribution in [3.63, 3.8) is 0 Å². The molecule has 0 aliphatic heterocycles. The predicted molar refractivity (Wildman–Crippen MR) is 78.9 cm³/mol. The van der Waals surface area contributed by atoms with Gasteiger partial charge in [0.05, 0.1) is 6.61 Å². The molecule has 0 saturated heterocycles. The zero-order valence-electron chi connectivity index (χ0n) is 11.6. The number of hydrogen-bond donors (Lipinski definition) is 2. The largest absolute Gasteiger partial charge is 0.491 e. The van der Waals surface area contributed by atoms with Gasteiger partial charge in [-0.2, -0.15) is 0 Å². The summed E-state index contributed by atoms with van der Waals surface area (Å²) in [6, 6.07) is 11.8. The van der Waals surface area contributed by atoms with Crippen molar-refractivity contribution in [2.24, 2.45) is 0 Å². The first kappa shape index (κ1) is 14.3. The van der Waals surface area contributed by atoms with Crippen LogP contribution in [-0.2, 0) is 11.2 Å². The van der Waals surface area contributed by atoms with Crippen LogP contribution in [-0.4, -0.2) is 31.3 Å². The Hall–Kier alpha value is -2.07. The number of nitrogens with one attached hydrogen (secondary N) is 1. The number of aliphatic hydroxyl groups excluding tert-OH is 1. The minimum Gasteiger partial charge on any atom is -0.491 e. The quantitative estimate of drug-likeness (QED) is 0.845. The molecule has 20 heavy (non-hydrogen) atoms. The lowest BCUT2D eigenvalue weighted by molar-refractivity contribution is -0.120. The minimum atomic E-state index is -0.00719. The fraction of sp³-hybridized carbons (Fsp3) is 0.312. The van der Waals surface area contributed by atoms with Crippen molar-refractivity contribution >= 4 is 16.7 Å². The summed E-state index contributed by atoms with van der Waals surface area (Å²) in [4.78, 5) is 11.4. The maximum absolute atomic E-state index is 11.4. The van der Waals surface area contributed by atoms with Gasteiger partial charge in [-0.1, -0.05) is 30.3 Å². The van der Waals surface area contributed by atoms with E-state index in [2.05, 4.69) is 5.32 Å². The van der Waals surface area contributed by atoms with Crippen molar-refractivity contribution in [2.75, 3.05) is 20.3 Å². The Morgan fingerprint density at radius 2 is 1.95 bits per heavy atom. The lowest BCUT2D eigenvalue weighted by Gasteiger charge is -2.11. The van der Waals surface area contributed by atoms with E-state index in [9.17, 15) is 4.79 Å². The molecule has 0 saturated carbocycles. The van der Waals surface area contributed by atoms with E-state index in [0.717, 1.165) is 22.1 Å². The number of aryl methyl sites for hydroxylation is 1. The van der Waals surface area contributed by atoms with Crippen molar-refractivity contribution in [1.29, 1.82) is 0 Å². The minimum absolute atomic E-state index is 0.00719. The monoisotopic (exact) mass is 273 g/mol. The molecule has 0 radical (unpaired) electrons. The van der Waals surface area contributed by atoms with Gasteiger partial charge in [-0.05, 0) is 23.4 Å². The molecule has 0 aromatic heterocycles. The summed E-state index contributed by atoms with van der Waals surface area (Å²) >= 11 is 0. The van der Waals surface area contributed by atoms with Gasteiger partial charge in [0, 0.05) is 18.9 Å². The van der Waals surface area contributed by atoms with Gasteiger partial charge in [0.15, 0.2) is 0 Å². The molecular formula is C16H19NO3. The van der Waals surface area contributed by atoms with Crippen LogP contribution in [0.3, 0.4) is 0 Å². The molecule has 0 aliphatic carbocycles. The van der Waals surface area contributed by atoms with Gasteiger partial charge >= 0.3 is 0 Å². The standard InChI is InChI=1S/C16H19NO3/c1-17-16(19)9-8-12-4-2-6-14-13(12)5-3-7-15(14)20-11-10-18/h2-7,18H,8-11H2,1H3,(H,17,19). The van der Waals surface area contributed by atoms with E-state index in [4.69, 9.17) is 9.84 Å². The predicted octanol–water partition coefficient (Wildman–Crippen LogP) is 1.89. The molecule has 0 atom stereocenters. The SMILES string of the molecule is CNC(=O)CCc1cccc2c(OCCO)cccc12. The summed E-state index contributed by atoms with van der Waals surface area (Å²) in [5, 5.41) is 13.6. The van der Waals surface area contributed by atoms with Crippen LogP contribution in [0.4, 0.5) is 0 Å². The van der Waals surface area contributed by atoms with Gasteiger partial charge in [0.2, 0.25) is 5.91 Å². The number of hydrogen-bond acceptors (Lipinski definition) is 3. The topological polar surface area (TPSA) is 58.6 Å². The van der Waals surface area contributed by atoms with Crippen LogP contribution in [0.1, 0.15) is 12.0 Å². The van der Waals surface area contributed by atoms with Gasteiger partial charge in [-0.3, -0.25) is 4.79 Å². The molecule has 0 spiro atoms. The van der Waals surface area contributed by atoms with Crippen molar-refractivity contribution in [3.05, 3.63) is 42.0 Å². The molecule has 2 aromatic rings. The third-order valence-corrected chi connectivity index (χ3v) is 3.22. The van der Waals surface area contributed by atoms with E-state index in [1.54, 1.807) is 7.05 Å². The number of fused-ring (bicyclic) bond motifs is 1. The second kappa shape index (κ2) is 6.91. The first-order valence-corrected chi connectivity index (χ1v) is 6.71. The number of carbonyl (C=O) groups excluding carboxylic acids is 1. The highest BCUT2D eigenvalue weighted by Crippen LogP contribution is 2.28. The van der Waals surface area contributed by atoms with Gasteiger partial charge in [-0.25, -0.2) is 0 Å². The Bertz CT molecular complexity index is 595. The van der Waals surface area contributed by atoms with E-state index in [0.29, 0.717) is 12.8 Å². The molecule has 1 amide bonds. The summed E-state index contributed by atoms with van der Waals surface area (Å²) < 4.78 is 5.54. The Morgan fingerprint density at radius 3 is 2.70 bits per heavy atom. The fourth-order valence-corrected chi connectivity index (χ4v) is 2.22. The molecule has 4 nitrogen and oxygen atoms in total. The number of ether oxygens (including phenoxy) is 1. The number of rotatable bonds is 6. The Balaban J connectivity index is 2.30. The smallest absolute Gasteiger partial charge is 0.220 e. The van der Waals surface area contributed by atoms with Crippen LogP contribution in [0.2, 0.25) is 0 Å². The maximum Gasteiger partial charge on any atom is 0.220 e. The lowest BCUT2D eigenvalue weighted by atomic mass is 10.00. The average Bonchev–Trinajstić information content (AvgIpc) is 2.50. The first-order chi connectivity index (χ1) is 9.76. The molecule has 2 N–H and O–H groups in total. The summed E-state index contributed by atoms with van der Waals surface area (Å²) in [5.41, 5.74) is 1.13. The Morgan fingerprint density at radius 1 is 1.20 bits per heavy atom. The molecule has 0 unspecified atom stereocenters. The Kier molecular flexibility index (Phi) is 4.96. The zero-order chi connectivity index (χ0) is 14.4. The van der Waals surface area contributed by atoms with Crippen LogP contribution >= 0.6 is 0 Å². The summed E-state index contributed by atoms with van der Waals surface area (Å²) in [5.74, 6) is 0.799. The maximum atomic E-state index is 11.4. The molecule has 0 aliphatic rings. The third kappa shape index (κ3) is 3.27. The molecule has 0 fully saturated rings. The van der Waals surface area contributed by atoms with Gasteiger partial charge in [0.1, 0.15) is 12.4 Å². The number of carbonyl (C=O) groups is 1. The summed E-state index contributed by atoms with van der Waals surface area (Å²) in [7, 11) is 1.65. The third-order valence-electron chi connectivity index (χ3n) is 3.22. The molecule has 4 heteroatoms. The highest BCUT2D eigenvalue weighted by Gasteiger charge is 2.07. The normalized spacial score (nSPS) is 10.5. The van der Waals surface area contributed by atoms with Crippen LogP contribution < -0.4 is 10.1 Å². The van der Waals surface area contributed by atoms with E-state index < -0.39 is 0 Å². The van der Waals surface area contributed by atoms with Crippen LogP contribution in [0.5, 0.6) is 5.75 Å². The van der Waals surface area contributed by atoms with Crippen molar-refractivity contribution < 1.29 is 14.6 Å². The van der Waals surface area contributed by atoms with Crippen molar-refractivity contribution in [2.45, 2.75) is 12.8 Å². The van der Waals surface area contributed by atoms with E-state index in [1.807, 2.05) is 36.4 Å². The average molecular weight is 273 g/mol. The Labute approximate surface area is 118 Å². The molecule has 2 rings (SSSR count). The summed E-state index contributed by atoms with van der Waals surface area (Å²) in [6.45, 7) is 0.272. The van der Waals surface area contributed by atoms with E-state index >= 15 is 0 Å². The molecule has 0 heterocycles. The highest BCUT2D eigenvalue weighted by molar-refractivity contribution is 5.91. The van der Waals surface area contributed by atoms with Crippen LogP contribution in [0, 0.1) is 0 Å². The van der Waals surface area contributed by atoms with Crippen molar-refractivity contribution in [1.82, 2.24) is 5.32 Å². The summed E-state index contributed by atoms with van der Waals surface area (Å²) in [6.07, 6.45) is 1.16. The molecular weight excluding hydrogens is 254 g/mol. The number of benzene rings is 2.